The van der Waals surface area contributed by atoms with Gasteiger partial charge in [-0.1, -0.05) is 31.2 Å². The monoisotopic (exact) mass is 248 g/mol. The van der Waals surface area contributed by atoms with Gasteiger partial charge < -0.3 is 10.6 Å². The third-order valence-corrected chi connectivity index (χ3v) is 4.26. The Kier molecular flexibility index (Phi) is 5.36. The molecule has 2 N–H and O–H groups in total. The number of hydrogen-bond acceptors (Lipinski definition) is 2. The molecule has 0 aromatic heterocycles. The normalized spacial score (nSPS) is 13.9. The first-order chi connectivity index (χ1) is 8.38. The summed E-state index contributed by atoms with van der Waals surface area (Å²) in [5.41, 5.74) is 9.13. The zero-order chi connectivity index (χ0) is 13.8. The van der Waals surface area contributed by atoms with Crippen LogP contribution in [0.15, 0.2) is 24.3 Å². The fraction of sp³-hybridized carbons (Fsp3) is 0.625. The van der Waals surface area contributed by atoms with E-state index < -0.39 is 0 Å². The molecule has 1 aromatic rings. The molecule has 0 bridgehead atoms. The quantitative estimate of drug-likeness (QED) is 0.835. The molecule has 1 unspecified atom stereocenters. The summed E-state index contributed by atoms with van der Waals surface area (Å²) in [6.45, 7) is 9.97. The third kappa shape index (κ3) is 3.82. The Bertz CT molecular complexity index is 371. The summed E-state index contributed by atoms with van der Waals surface area (Å²) in [6, 6.07) is 8.56. The fourth-order valence-corrected chi connectivity index (χ4v) is 2.06. The summed E-state index contributed by atoms with van der Waals surface area (Å²) in [5, 5.41) is 0. The Hall–Kier alpha value is -0.860. The van der Waals surface area contributed by atoms with E-state index in [4.69, 9.17) is 5.73 Å². The number of benzene rings is 1. The first-order valence-corrected chi connectivity index (χ1v) is 6.91. The van der Waals surface area contributed by atoms with Crippen molar-refractivity contribution in [2.75, 3.05) is 13.6 Å². The van der Waals surface area contributed by atoms with Gasteiger partial charge in [-0.2, -0.15) is 0 Å². The molecule has 0 saturated heterocycles. The van der Waals surface area contributed by atoms with Crippen LogP contribution in [0.2, 0.25) is 0 Å². The molecule has 0 aliphatic rings. The molecule has 18 heavy (non-hydrogen) atoms. The Balaban J connectivity index is 2.57. The summed E-state index contributed by atoms with van der Waals surface area (Å²) >= 11 is 0. The van der Waals surface area contributed by atoms with Crippen molar-refractivity contribution in [2.45, 2.75) is 52.1 Å². The van der Waals surface area contributed by atoms with Gasteiger partial charge in [-0.3, -0.25) is 0 Å². The van der Waals surface area contributed by atoms with Gasteiger partial charge in [-0.15, -0.1) is 0 Å². The van der Waals surface area contributed by atoms with Crippen molar-refractivity contribution in [1.82, 2.24) is 4.90 Å². The zero-order valence-electron chi connectivity index (χ0n) is 12.5. The lowest BCUT2D eigenvalue weighted by atomic mass is 9.96. The summed E-state index contributed by atoms with van der Waals surface area (Å²) < 4.78 is 0. The molecule has 0 aliphatic heterocycles. The van der Waals surface area contributed by atoms with Crippen molar-refractivity contribution >= 4 is 0 Å². The van der Waals surface area contributed by atoms with Gasteiger partial charge in [0, 0.05) is 18.1 Å². The Morgan fingerprint density at radius 3 is 2.44 bits per heavy atom. The molecule has 102 valence electrons. The van der Waals surface area contributed by atoms with E-state index in [0.717, 1.165) is 19.4 Å². The van der Waals surface area contributed by atoms with E-state index in [1.165, 1.54) is 11.1 Å². The predicted molar refractivity (Wildman–Crippen MR) is 79.7 cm³/mol. The van der Waals surface area contributed by atoms with Crippen molar-refractivity contribution in [3.63, 3.8) is 0 Å². The highest BCUT2D eigenvalue weighted by molar-refractivity contribution is 5.28. The topological polar surface area (TPSA) is 29.3 Å². The molecule has 1 atom stereocenters. The van der Waals surface area contributed by atoms with E-state index in [2.05, 4.69) is 63.9 Å². The van der Waals surface area contributed by atoms with Gasteiger partial charge in [0.15, 0.2) is 0 Å². The second-order valence-corrected chi connectivity index (χ2v) is 5.84. The maximum absolute atomic E-state index is 6.30. The first-order valence-electron chi connectivity index (χ1n) is 6.91. The standard InChI is InChI=1S/C16H28N2/c1-6-16(3,4)18(5)12-11-15(17)14-10-8-7-9-13(14)2/h7-10,15H,6,11-12,17H2,1-5H3. The van der Waals surface area contributed by atoms with E-state index in [1.54, 1.807) is 0 Å². The second kappa shape index (κ2) is 6.35. The molecule has 0 radical (unpaired) electrons. The minimum absolute atomic E-state index is 0.140. The number of nitrogens with zero attached hydrogens (tertiary/aromatic N) is 1. The second-order valence-electron chi connectivity index (χ2n) is 5.84. The van der Waals surface area contributed by atoms with Crippen LogP contribution in [0.1, 0.15) is 50.8 Å². The van der Waals surface area contributed by atoms with Crippen LogP contribution in [-0.4, -0.2) is 24.0 Å². The number of hydrogen-bond donors (Lipinski definition) is 1. The van der Waals surface area contributed by atoms with Crippen LogP contribution in [0, 0.1) is 6.92 Å². The van der Waals surface area contributed by atoms with E-state index in [-0.39, 0.29) is 11.6 Å². The SMILES string of the molecule is CCC(C)(C)N(C)CCC(N)c1ccccc1C. The number of rotatable bonds is 6. The minimum atomic E-state index is 0.140. The molecule has 0 heterocycles. The highest BCUT2D eigenvalue weighted by atomic mass is 15.2. The first kappa shape index (κ1) is 15.2. The van der Waals surface area contributed by atoms with E-state index in [9.17, 15) is 0 Å². The molecule has 1 aromatic carbocycles. The molecule has 2 heteroatoms. The van der Waals surface area contributed by atoms with Gasteiger partial charge in [0.1, 0.15) is 0 Å². The molecular formula is C16H28N2. The smallest absolute Gasteiger partial charge is 0.0309 e. The largest absolute Gasteiger partial charge is 0.324 e. The van der Waals surface area contributed by atoms with Crippen molar-refractivity contribution in [2.24, 2.45) is 5.73 Å². The maximum Gasteiger partial charge on any atom is 0.0309 e. The summed E-state index contributed by atoms with van der Waals surface area (Å²) in [6.07, 6.45) is 2.16. The van der Waals surface area contributed by atoms with Gasteiger partial charge in [0.25, 0.3) is 0 Å². The van der Waals surface area contributed by atoms with Crippen LogP contribution < -0.4 is 5.73 Å². The van der Waals surface area contributed by atoms with Gasteiger partial charge in [-0.25, -0.2) is 0 Å². The third-order valence-electron chi connectivity index (χ3n) is 4.26. The molecule has 0 aliphatic carbocycles. The van der Waals surface area contributed by atoms with Crippen molar-refractivity contribution in [3.05, 3.63) is 35.4 Å². The van der Waals surface area contributed by atoms with Gasteiger partial charge >= 0.3 is 0 Å². The van der Waals surface area contributed by atoms with Crippen LogP contribution in [0.25, 0.3) is 0 Å². The lowest BCUT2D eigenvalue weighted by molar-refractivity contribution is 0.146. The molecule has 0 amide bonds. The maximum atomic E-state index is 6.30. The molecular weight excluding hydrogens is 220 g/mol. The fourth-order valence-electron chi connectivity index (χ4n) is 2.06. The molecule has 0 fully saturated rings. The lowest BCUT2D eigenvalue weighted by Gasteiger charge is -2.35. The highest BCUT2D eigenvalue weighted by Crippen LogP contribution is 2.21. The minimum Gasteiger partial charge on any atom is -0.324 e. The Labute approximate surface area is 112 Å². The number of nitrogens with two attached hydrogens (primary N) is 1. The summed E-state index contributed by atoms with van der Waals surface area (Å²) in [4.78, 5) is 2.41. The van der Waals surface area contributed by atoms with Crippen LogP contribution in [-0.2, 0) is 0 Å². The number of aryl methyl sites for hydroxylation is 1. The predicted octanol–water partition coefficient (Wildman–Crippen LogP) is 3.51. The zero-order valence-corrected chi connectivity index (χ0v) is 12.5. The van der Waals surface area contributed by atoms with Gasteiger partial charge in [0.2, 0.25) is 0 Å². The summed E-state index contributed by atoms with van der Waals surface area (Å²) in [7, 11) is 2.19. The van der Waals surface area contributed by atoms with Crippen LogP contribution >= 0.6 is 0 Å². The lowest BCUT2D eigenvalue weighted by Crippen LogP contribution is -2.41. The highest BCUT2D eigenvalue weighted by Gasteiger charge is 2.21. The summed E-state index contributed by atoms with van der Waals surface area (Å²) in [5.74, 6) is 0. The van der Waals surface area contributed by atoms with E-state index in [0.29, 0.717) is 0 Å². The van der Waals surface area contributed by atoms with Gasteiger partial charge in [0.05, 0.1) is 0 Å². The van der Waals surface area contributed by atoms with Gasteiger partial charge in [-0.05, 0) is 51.8 Å². The molecule has 0 spiro atoms. The van der Waals surface area contributed by atoms with Crippen molar-refractivity contribution < 1.29 is 0 Å². The van der Waals surface area contributed by atoms with E-state index in [1.807, 2.05) is 0 Å². The Morgan fingerprint density at radius 1 is 1.28 bits per heavy atom. The molecule has 0 saturated carbocycles. The Morgan fingerprint density at radius 2 is 1.89 bits per heavy atom. The van der Waals surface area contributed by atoms with E-state index >= 15 is 0 Å². The molecule has 1 rings (SSSR count). The van der Waals surface area contributed by atoms with Crippen LogP contribution in [0.5, 0.6) is 0 Å². The van der Waals surface area contributed by atoms with Crippen molar-refractivity contribution in [1.29, 1.82) is 0 Å². The average Bonchev–Trinajstić information content (AvgIpc) is 2.36. The average molecular weight is 248 g/mol. The van der Waals surface area contributed by atoms with Crippen LogP contribution in [0.3, 0.4) is 0 Å². The van der Waals surface area contributed by atoms with Crippen LogP contribution in [0.4, 0.5) is 0 Å². The van der Waals surface area contributed by atoms with Crippen molar-refractivity contribution in [3.8, 4) is 0 Å². The molecule has 2 nitrogen and oxygen atoms in total.